The van der Waals surface area contributed by atoms with Crippen LogP contribution in [0, 0.1) is 13.8 Å². The van der Waals surface area contributed by atoms with Crippen LogP contribution in [-0.2, 0) is 9.59 Å². The van der Waals surface area contributed by atoms with E-state index in [4.69, 9.17) is 16.3 Å². The zero-order chi connectivity index (χ0) is 23.0. The lowest BCUT2D eigenvalue weighted by molar-refractivity contribution is -0.132. The summed E-state index contributed by atoms with van der Waals surface area (Å²) in [5.74, 6) is -1.48. The average molecular weight is 449 g/mol. The van der Waals surface area contributed by atoms with Crippen LogP contribution in [0.15, 0.2) is 66.4 Å². The summed E-state index contributed by atoms with van der Waals surface area (Å²) >= 11 is 6.33. The maximum absolute atomic E-state index is 13.2. The topological polar surface area (TPSA) is 79.7 Å². The number of Topliss-reactive ketones (excluding diaryl/α,β-unsaturated/α-hetero) is 1. The maximum Gasteiger partial charge on any atom is 0.300 e. The molecule has 6 nitrogen and oxygen atoms in total. The van der Waals surface area contributed by atoms with E-state index in [0.717, 1.165) is 11.1 Å². The smallest absolute Gasteiger partial charge is 0.300 e. The molecule has 0 spiro atoms. The van der Waals surface area contributed by atoms with Gasteiger partial charge < -0.3 is 9.84 Å². The molecule has 162 valence electrons. The molecule has 0 radical (unpaired) electrons. The Balaban J connectivity index is 1.99. The van der Waals surface area contributed by atoms with Crippen LogP contribution in [0.25, 0.3) is 5.76 Å². The minimum absolute atomic E-state index is 0.0798. The number of methoxy groups -OCH3 is 1. The van der Waals surface area contributed by atoms with E-state index in [1.807, 2.05) is 26.0 Å². The van der Waals surface area contributed by atoms with Gasteiger partial charge in [0.1, 0.15) is 17.6 Å². The van der Waals surface area contributed by atoms with Gasteiger partial charge in [0, 0.05) is 17.4 Å². The molecule has 32 heavy (non-hydrogen) atoms. The number of benzene rings is 2. The monoisotopic (exact) mass is 448 g/mol. The van der Waals surface area contributed by atoms with Crippen molar-refractivity contribution in [2.45, 2.75) is 19.9 Å². The molecule has 1 aliphatic rings. The summed E-state index contributed by atoms with van der Waals surface area (Å²) in [4.78, 5) is 32.2. The number of hydrogen-bond donors (Lipinski definition) is 1. The Bertz CT molecular complexity index is 1250. The molecular weight excluding hydrogens is 428 g/mol. The molecule has 0 aliphatic carbocycles. The number of nitrogens with zero attached hydrogens (tertiary/aromatic N) is 2. The van der Waals surface area contributed by atoms with Crippen molar-refractivity contribution in [1.82, 2.24) is 4.98 Å². The van der Waals surface area contributed by atoms with Gasteiger partial charge in [-0.2, -0.15) is 0 Å². The minimum Gasteiger partial charge on any atom is -0.507 e. The van der Waals surface area contributed by atoms with E-state index in [2.05, 4.69) is 4.98 Å². The summed E-state index contributed by atoms with van der Waals surface area (Å²) in [6, 6.07) is 14.6. The number of rotatable bonds is 4. The standard InChI is InChI=1S/C25H21ClN2O4/c1-14-7-10-20(15(2)12-14)28-22(19-6-4-5-11-27-19)21(24(30)25(28)31)23(29)17-13-16(32-3)8-9-18(17)26/h4-13,22,29H,1-3H3/b23-21+. The largest absolute Gasteiger partial charge is 0.507 e. The van der Waals surface area contributed by atoms with Gasteiger partial charge in [0.2, 0.25) is 0 Å². The van der Waals surface area contributed by atoms with Crippen LogP contribution < -0.4 is 9.64 Å². The number of aromatic nitrogens is 1. The first kappa shape index (κ1) is 21.6. The van der Waals surface area contributed by atoms with Gasteiger partial charge in [-0.15, -0.1) is 0 Å². The van der Waals surface area contributed by atoms with Crippen LogP contribution >= 0.6 is 11.6 Å². The number of carbonyl (C=O) groups is 2. The summed E-state index contributed by atoms with van der Waals surface area (Å²) in [6.45, 7) is 3.82. The Labute approximate surface area is 190 Å². The fraction of sp³-hybridized carbons (Fsp3) is 0.160. The number of carbonyl (C=O) groups excluding carboxylic acids is 2. The Morgan fingerprint density at radius 3 is 2.53 bits per heavy atom. The minimum atomic E-state index is -0.917. The fourth-order valence-corrected chi connectivity index (χ4v) is 4.14. The lowest BCUT2D eigenvalue weighted by atomic mass is 9.97. The van der Waals surface area contributed by atoms with Crippen LogP contribution in [0.1, 0.15) is 28.4 Å². The van der Waals surface area contributed by atoms with E-state index in [1.165, 1.54) is 18.1 Å². The van der Waals surface area contributed by atoms with Gasteiger partial charge in [-0.1, -0.05) is 35.4 Å². The van der Waals surface area contributed by atoms with Crippen molar-refractivity contribution in [2.24, 2.45) is 0 Å². The normalized spacial score (nSPS) is 17.6. The second-order valence-electron chi connectivity index (χ2n) is 7.56. The van der Waals surface area contributed by atoms with E-state index < -0.39 is 17.7 Å². The number of hydrogen-bond acceptors (Lipinski definition) is 5. The van der Waals surface area contributed by atoms with Crippen molar-refractivity contribution in [3.63, 3.8) is 0 Å². The molecule has 1 saturated heterocycles. The average Bonchev–Trinajstić information content (AvgIpc) is 3.05. The SMILES string of the molecule is COc1ccc(Cl)c(/C(O)=C2\C(=O)C(=O)N(c3ccc(C)cc3C)C2c2ccccn2)c1. The van der Waals surface area contributed by atoms with Gasteiger partial charge in [-0.25, -0.2) is 0 Å². The van der Waals surface area contributed by atoms with E-state index in [-0.39, 0.29) is 21.9 Å². The highest BCUT2D eigenvalue weighted by molar-refractivity contribution is 6.52. The number of aryl methyl sites for hydroxylation is 2. The molecule has 3 aromatic rings. The molecule has 1 unspecified atom stereocenters. The highest BCUT2D eigenvalue weighted by Gasteiger charge is 2.48. The first-order chi connectivity index (χ1) is 15.3. The Kier molecular flexibility index (Phi) is 5.72. The number of ether oxygens (including phenoxy) is 1. The molecule has 1 atom stereocenters. The van der Waals surface area contributed by atoms with E-state index >= 15 is 0 Å². The lowest BCUT2D eigenvalue weighted by Crippen LogP contribution is -2.30. The van der Waals surface area contributed by atoms with Crippen molar-refractivity contribution < 1.29 is 19.4 Å². The molecule has 1 N–H and O–H groups in total. The highest BCUT2D eigenvalue weighted by atomic mass is 35.5. The molecule has 0 saturated carbocycles. The van der Waals surface area contributed by atoms with E-state index in [9.17, 15) is 14.7 Å². The second-order valence-corrected chi connectivity index (χ2v) is 7.97. The van der Waals surface area contributed by atoms with Crippen molar-refractivity contribution in [1.29, 1.82) is 0 Å². The maximum atomic E-state index is 13.2. The van der Waals surface area contributed by atoms with Gasteiger partial charge in [-0.3, -0.25) is 19.5 Å². The summed E-state index contributed by atoms with van der Waals surface area (Å²) in [5, 5.41) is 11.5. The third-order valence-corrected chi connectivity index (χ3v) is 5.78. The molecule has 2 heterocycles. The molecule has 1 fully saturated rings. The Hall–Kier alpha value is -3.64. The van der Waals surface area contributed by atoms with Crippen molar-refractivity contribution in [3.05, 3.63) is 93.8 Å². The number of halogens is 1. The number of aliphatic hydroxyl groups is 1. The first-order valence-corrected chi connectivity index (χ1v) is 10.3. The zero-order valence-corrected chi connectivity index (χ0v) is 18.6. The molecule has 0 bridgehead atoms. The quantitative estimate of drug-likeness (QED) is 0.345. The van der Waals surface area contributed by atoms with Crippen LogP contribution in [0.2, 0.25) is 5.02 Å². The molecule has 1 amide bonds. The van der Waals surface area contributed by atoms with Crippen molar-refractivity contribution in [2.75, 3.05) is 12.0 Å². The third kappa shape index (κ3) is 3.63. The van der Waals surface area contributed by atoms with Crippen LogP contribution in [-0.4, -0.2) is 28.9 Å². The third-order valence-electron chi connectivity index (χ3n) is 5.45. The van der Waals surface area contributed by atoms with Gasteiger partial charge in [-0.05, 0) is 55.8 Å². The van der Waals surface area contributed by atoms with Gasteiger partial charge >= 0.3 is 0 Å². The number of aliphatic hydroxyl groups excluding tert-OH is 1. The fourth-order valence-electron chi connectivity index (χ4n) is 3.93. The van der Waals surface area contributed by atoms with Crippen molar-refractivity contribution >= 4 is 34.7 Å². The highest BCUT2D eigenvalue weighted by Crippen LogP contribution is 2.43. The number of anilines is 1. The predicted molar refractivity (Wildman–Crippen MR) is 123 cm³/mol. The lowest BCUT2D eigenvalue weighted by Gasteiger charge is -2.26. The molecule has 1 aromatic heterocycles. The Morgan fingerprint density at radius 2 is 1.88 bits per heavy atom. The van der Waals surface area contributed by atoms with Crippen LogP contribution in [0.3, 0.4) is 0 Å². The summed E-state index contributed by atoms with van der Waals surface area (Å²) in [5.41, 5.74) is 3.00. The zero-order valence-electron chi connectivity index (χ0n) is 17.8. The van der Waals surface area contributed by atoms with E-state index in [0.29, 0.717) is 17.1 Å². The number of pyridine rings is 1. The van der Waals surface area contributed by atoms with Crippen LogP contribution in [0.4, 0.5) is 5.69 Å². The molecular formula is C25H21ClN2O4. The Morgan fingerprint density at radius 1 is 1.09 bits per heavy atom. The van der Waals surface area contributed by atoms with E-state index in [1.54, 1.807) is 42.6 Å². The first-order valence-electron chi connectivity index (χ1n) is 9.96. The molecule has 1 aliphatic heterocycles. The number of ketones is 1. The summed E-state index contributed by atoms with van der Waals surface area (Å²) in [7, 11) is 1.49. The van der Waals surface area contributed by atoms with Gasteiger partial charge in [0.25, 0.3) is 11.7 Å². The van der Waals surface area contributed by atoms with Crippen molar-refractivity contribution in [3.8, 4) is 5.75 Å². The van der Waals surface area contributed by atoms with Gasteiger partial charge in [0.15, 0.2) is 0 Å². The van der Waals surface area contributed by atoms with Gasteiger partial charge in [0.05, 0.1) is 23.4 Å². The predicted octanol–water partition coefficient (Wildman–Crippen LogP) is 4.99. The number of amides is 1. The second kappa shape index (κ2) is 8.48. The van der Waals surface area contributed by atoms with Crippen LogP contribution in [0.5, 0.6) is 5.75 Å². The molecule has 7 heteroatoms. The summed E-state index contributed by atoms with van der Waals surface area (Å²) in [6.07, 6.45) is 1.58. The molecule has 4 rings (SSSR count). The molecule has 2 aromatic carbocycles. The summed E-state index contributed by atoms with van der Waals surface area (Å²) < 4.78 is 5.23.